The molecule has 1 heterocycles. The van der Waals surface area contributed by atoms with E-state index in [4.69, 9.17) is 5.73 Å². The molecule has 2 rings (SSSR count). The third-order valence-electron chi connectivity index (χ3n) is 2.82. The van der Waals surface area contributed by atoms with Crippen LogP contribution in [0.4, 0.5) is 11.4 Å². The Morgan fingerprint density at radius 3 is 3.06 bits per heavy atom. The Morgan fingerprint density at radius 1 is 1.56 bits per heavy atom. The second-order valence-electron chi connectivity index (χ2n) is 4.12. The summed E-state index contributed by atoms with van der Waals surface area (Å²) >= 11 is 1.84. The highest BCUT2D eigenvalue weighted by Gasteiger charge is 2.23. The molecule has 1 unspecified atom stereocenters. The van der Waals surface area contributed by atoms with E-state index in [1.165, 1.54) is 0 Å². The second kappa shape index (κ2) is 4.78. The van der Waals surface area contributed by atoms with Crippen LogP contribution >= 0.6 is 11.8 Å². The number of nitrogens with two attached hydrogens (primary N) is 1. The second-order valence-corrected chi connectivity index (χ2v) is 5.27. The van der Waals surface area contributed by atoms with Crippen LogP contribution in [0.2, 0.25) is 0 Å². The summed E-state index contributed by atoms with van der Waals surface area (Å²) in [6, 6.07) is 5.58. The van der Waals surface area contributed by atoms with Crippen molar-refractivity contribution in [1.29, 1.82) is 0 Å². The first kappa shape index (κ1) is 11.3. The standard InChI is InChI=1S/C12H16N2OS/c1-8-2-3-10(13)6-11(8)14-12(15)9-4-5-16-7-9/h2-3,6,9H,4-5,7,13H2,1H3,(H,14,15). The zero-order valence-corrected chi connectivity index (χ0v) is 10.1. The van der Waals surface area contributed by atoms with Gasteiger partial charge in [-0.1, -0.05) is 6.07 Å². The van der Waals surface area contributed by atoms with Gasteiger partial charge in [0.1, 0.15) is 0 Å². The lowest BCUT2D eigenvalue weighted by molar-refractivity contribution is -0.119. The van der Waals surface area contributed by atoms with Crippen LogP contribution in [0.5, 0.6) is 0 Å². The Morgan fingerprint density at radius 2 is 2.38 bits per heavy atom. The minimum atomic E-state index is 0.124. The van der Waals surface area contributed by atoms with Gasteiger partial charge >= 0.3 is 0 Å². The van der Waals surface area contributed by atoms with Crippen LogP contribution in [0.25, 0.3) is 0 Å². The molecule has 0 spiro atoms. The monoisotopic (exact) mass is 236 g/mol. The quantitative estimate of drug-likeness (QED) is 0.774. The van der Waals surface area contributed by atoms with Crippen molar-refractivity contribution in [2.75, 3.05) is 22.6 Å². The molecular weight excluding hydrogens is 220 g/mol. The van der Waals surface area contributed by atoms with Crippen molar-refractivity contribution in [3.63, 3.8) is 0 Å². The number of thioether (sulfide) groups is 1. The predicted molar refractivity (Wildman–Crippen MR) is 69.7 cm³/mol. The van der Waals surface area contributed by atoms with E-state index in [1.807, 2.05) is 36.9 Å². The zero-order valence-electron chi connectivity index (χ0n) is 9.32. The maximum atomic E-state index is 11.9. The van der Waals surface area contributed by atoms with Crippen molar-refractivity contribution in [3.8, 4) is 0 Å². The molecule has 3 nitrogen and oxygen atoms in total. The number of hydrogen-bond acceptors (Lipinski definition) is 3. The number of nitrogens with one attached hydrogen (secondary N) is 1. The molecule has 4 heteroatoms. The minimum Gasteiger partial charge on any atom is -0.399 e. The van der Waals surface area contributed by atoms with Crippen molar-refractivity contribution in [2.24, 2.45) is 5.92 Å². The Kier molecular flexibility index (Phi) is 3.39. The lowest BCUT2D eigenvalue weighted by Gasteiger charge is -2.12. The average Bonchev–Trinajstić information content (AvgIpc) is 2.76. The maximum Gasteiger partial charge on any atom is 0.228 e. The van der Waals surface area contributed by atoms with Crippen LogP contribution in [-0.4, -0.2) is 17.4 Å². The van der Waals surface area contributed by atoms with Gasteiger partial charge in [-0.15, -0.1) is 0 Å². The summed E-state index contributed by atoms with van der Waals surface area (Å²) in [5.74, 6) is 2.31. The maximum absolute atomic E-state index is 11.9. The van der Waals surface area contributed by atoms with Crippen LogP contribution in [0.15, 0.2) is 18.2 Å². The molecule has 0 aromatic heterocycles. The molecule has 1 saturated heterocycles. The van der Waals surface area contributed by atoms with Gasteiger partial charge in [0.05, 0.1) is 0 Å². The third-order valence-corrected chi connectivity index (χ3v) is 3.98. The molecular formula is C12H16N2OS. The molecule has 0 aliphatic carbocycles. The van der Waals surface area contributed by atoms with Crippen molar-refractivity contribution < 1.29 is 4.79 Å². The SMILES string of the molecule is Cc1ccc(N)cc1NC(=O)C1CCSC1. The first-order valence-electron chi connectivity index (χ1n) is 5.41. The van der Waals surface area contributed by atoms with Gasteiger partial charge in [0.2, 0.25) is 5.91 Å². The molecule has 0 radical (unpaired) electrons. The Labute approximate surface area is 99.8 Å². The molecule has 3 N–H and O–H groups in total. The van der Waals surface area contributed by atoms with E-state index >= 15 is 0 Å². The summed E-state index contributed by atoms with van der Waals surface area (Å²) in [6.45, 7) is 1.97. The number of nitrogen functional groups attached to an aromatic ring is 1. The summed E-state index contributed by atoms with van der Waals surface area (Å²) in [4.78, 5) is 11.9. The molecule has 1 fully saturated rings. The highest BCUT2D eigenvalue weighted by Crippen LogP contribution is 2.26. The number of aryl methyl sites for hydroxylation is 1. The number of rotatable bonds is 2. The summed E-state index contributed by atoms with van der Waals surface area (Å²) in [7, 11) is 0. The van der Waals surface area contributed by atoms with Crippen LogP contribution in [-0.2, 0) is 4.79 Å². The van der Waals surface area contributed by atoms with E-state index in [-0.39, 0.29) is 11.8 Å². The number of hydrogen-bond donors (Lipinski definition) is 2. The third kappa shape index (κ3) is 2.50. The van der Waals surface area contributed by atoms with Gasteiger partial charge in [-0.05, 0) is 36.8 Å². The smallest absolute Gasteiger partial charge is 0.228 e. The normalized spacial score (nSPS) is 19.7. The Bertz CT molecular complexity index is 400. The summed E-state index contributed by atoms with van der Waals surface area (Å²) < 4.78 is 0. The van der Waals surface area contributed by atoms with Crippen molar-refractivity contribution in [1.82, 2.24) is 0 Å². The fourth-order valence-electron chi connectivity index (χ4n) is 1.75. The van der Waals surface area contributed by atoms with Gasteiger partial charge in [-0.3, -0.25) is 4.79 Å². The van der Waals surface area contributed by atoms with E-state index in [2.05, 4.69) is 5.32 Å². The van der Waals surface area contributed by atoms with Crippen molar-refractivity contribution in [3.05, 3.63) is 23.8 Å². The summed E-state index contributed by atoms with van der Waals surface area (Å²) in [5, 5.41) is 2.96. The van der Waals surface area contributed by atoms with E-state index in [1.54, 1.807) is 0 Å². The number of amides is 1. The topological polar surface area (TPSA) is 55.1 Å². The van der Waals surface area contributed by atoms with E-state index in [0.717, 1.165) is 29.2 Å². The number of anilines is 2. The van der Waals surface area contributed by atoms with E-state index < -0.39 is 0 Å². The van der Waals surface area contributed by atoms with E-state index in [9.17, 15) is 4.79 Å². The molecule has 1 amide bonds. The fourth-order valence-corrected chi connectivity index (χ4v) is 2.97. The molecule has 0 bridgehead atoms. The number of benzene rings is 1. The molecule has 16 heavy (non-hydrogen) atoms. The fraction of sp³-hybridized carbons (Fsp3) is 0.417. The Balaban J connectivity index is 2.07. The largest absolute Gasteiger partial charge is 0.399 e. The van der Waals surface area contributed by atoms with Crippen LogP contribution < -0.4 is 11.1 Å². The first-order valence-corrected chi connectivity index (χ1v) is 6.57. The molecule has 86 valence electrons. The van der Waals surface area contributed by atoms with Crippen LogP contribution in [0, 0.1) is 12.8 Å². The van der Waals surface area contributed by atoms with Crippen LogP contribution in [0.1, 0.15) is 12.0 Å². The average molecular weight is 236 g/mol. The molecule has 1 aliphatic heterocycles. The highest BCUT2D eigenvalue weighted by atomic mass is 32.2. The minimum absolute atomic E-state index is 0.124. The van der Waals surface area contributed by atoms with Crippen molar-refractivity contribution >= 4 is 29.0 Å². The van der Waals surface area contributed by atoms with Gasteiger partial charge < -0.3 is 11.1 Å². The van der Waals surface area contributed by atoms with Gasteiger partial charge in [0.25, 0.3) is 0 Å². The van der Waals surface area contributed by atoms with E-state index in [0.29, 0.717) is 5.69 Å². The molecule has 1 aromatic carbocycles. The number of carbonyl (C=O) groups is 1. The van der Waals surface area contributed by atoms with Gasteiger partial charge in [0.15, 0.2) is 0 Å². The number of carbonyl (C=O) groups excluding carboxylic acids is 1. The highest BCUT2D eigenvalue weighted by molar-refractivity contribution is 7.99. The lowest BCUT2D eigenvalue weighted by Crippen LogP contribution is -2.22. The molecule has 1 aliphatic rings. The van der Waals surface area contributed by atoms with Gasteiger partial charge in [-0.25, -0.2) is 0 Å². The first-order chi connectivity index (χ1) is 7.66. The van der Waals surface area contributed by atoms with Gasteiger partial charge in [0, 0.05) is 23.0 Å². The molecule has 1 atom stereocenters. The zero-order chi connectivity index (χ0) is 11.5. The predicted octanol–water partition coefficient (Wildman–Crippen LogP) is 2.27. The molecule has 0 saturated carbocycles. The van der Waals surface area contributed by atoms with Crippen LogP contribution in [0.3, 0.4) is 0 Å². The molecule has 1 aromatic rings. The summed E-state index contributed by atoms with van der Waals surface area (Å²) in [6.07, 6.45) is 0.984. The summed E-state index contributed by atoms with van der Waals surface area (Å²) in [5.41, 5.74) is 8.27. The van der Waals surface area contributed by atoms with Crippen molar-refractivity contribution in [2.45, 2.75) is 13.3 Å². The van der Waals surface area contributed by atoms with Gasteiger partial charge in [-0.2, -0.15) is 11.8 Å². The Hall–Kier alpha value is -1.16. The lowest BCUT2D eigenvalue weighted by atomic mass is 10.1.